The highest BCUT2D eigenvalue weighted by atomic mass is 16.5. The monoisotopic (exact) mass is 534 g/mol. The lowest BCUT2D eigenvalue weighted by Gasteiger charge is -2.54. The van der Waals surface area contributed by atoms with Crippen molar-refractivity contribution in [2.75, 3.05) is 66.0 Å². The minimum Gasteiger partial charge on any atom is -0.478 e. The minimum atomic E-state index is 0. The van der Waals surface area contributed by atoms with Crippen molar-refractivity contribution in [3.63, 3.8) is 0 Å². The van der Waals surface area contributed by atoms with Gasteiger partial charge in [0.15, 0.2) is 0 Å². The van der Waals surface area contributed by atoms with E-state index in [-0.39, 0.29) is 1.43 Å². The molecule has 3 heterocycles. The molecule has 0 radical (unpaired) electrons. The molecule has 1 spiro atoms. The fraction of sp³-hybridized carbons (Fsp3) is 0.844. The van der Waals surface area contributed by atoms with Crippen LogP contribution in [0.4, 0.5) is 0 Å². The van der Waals surface area contributed by atoms with E-state index in [4.69, 9.17) is 4.74 Å². The molecule has 3 rings (SSSR count). The topological polar surface area (TPSA) is 43.9 Å². The molecule has 0 saturated carbocycles. The van der Waals surface area contributed by atoms with Crippen molar-refractivity contribution in [2.24, 2.45) is 11.3 Å². The molecule has 2 aliphatic rings. The molecule has 2 saturated heterocycles. The summed E-state index contributed by atoms with van der Waals surface area (Å²) in [6, 6.07) is 4.60. The largest absolute Gasteiger partial charge is 0.478 e. The van der Waals surface area contributed by atoms with Crippen LogP contribution in [0.3, 0.4) is 0 Å². The lowest BCUT2D eigenvalue weighted by Crippen LogP contribution is -2.60. The number of ether oxygens (including phenoxy) is 1. The highest BCUT2D eigenvalue weighted by molar-refractivity contribution is 5.17. The van der Waals surface area contributed by atoms with Gasteiger partial charge in [0.05, 0.1) is 6.61 Å². The van der Waals surface area contributed by atoms with Crippen molar-refractivity contribution in [3.8, 4) is 5.88 Å². The molecule has 0 amide bonds. The van der Waals surface area contributed by atoms with Crippen molar-refractivity contribution in [2.45, 2.75) is 99.1 Å². The number of unbranched alkanes of at least 4 members (excludes halogenated alkanes) is 2. The first kappa shape index (κ1) is 33.0. The van der Waals surface area contributed by atoms with Gasteiger partial charge in [-0.2, -0.15) is 0 Å². The maximum absolute atomic E-state index is 5.65. The summed E-state index contributed by atoms with van der Waals surface area (Å²) >= 11 is 0. The SMILES string of the molecule is CC(C)CN(C)Cc1ccc(OCCCNC(C)C)nc1.CCCCCN1CC2(CCN(CCC)CC2)C1.[HH]. The van der Waals surface area contributed by atoms with E-state index in [1.165, 1.54) is 83.4 Å². The molecule has 222 valence electrons. The Hall–Kier alpha value is -1.21. The summed E-state index contributed by atoms with van der Waals surface area (Å²) < 4.78 is 5.65. The average molecular weight is 534 g/mol. The van der Waals surface area contributed by atoms with Gasteiger partial charge in [-0.15, -0.1) is 0 Å². The quantitative estimate of drug-likeness (QED) is 0.257. The summed E-state index contributed by atoms with van der Waals surface area (Å²) in [5.41, 5.74) is 1.96. The molecular weight excluding hydrogens is 470 g/mol. The van der Waals surface area contributed by atoms with E-state index >= 15 is 0 Å². The minimum absolute atomic E-state index is 0. The lowest BCUT2D eigenvalue weighted by atomic mass is 9.72. The second-order valence-electron chi connectivity index (χ2n) is 12.7. The van der Waals surface area contributed by atoms with Gasteiger partial charge in [0.2, 0.25) is 5.88 Å². The van der Waals surface area contributed by atoms with Crippen molar-refractivity contribution in [3.05, 3.63) is 23.9 Å². The molecule has 6 heteroatoms. The molecule has 1 aromatic rings. The number of hydrogen-bond donors (Lipinski definition) is 1. The fourth-order valence-corrected chi connectivity index (χ4v) is 5.76. The van der Waals surface area contributed by atoms with Gasteiger partial charge in [-0.1, -0.05) is 60.5 Å². The zero-order valence-electron chi connectivity index (χ0n) is 26.1. The van der Waals surface area contributed by atoms with E-state index in [1.807, 2.05) is 12.3 Å². The Morgan fingerprint density at radius 2 is 1.74 bits per heavy atom. The van der Waals surface area contributed by atoms with Crippen LogP contribution < -0.4 is 10.1 Å². The Balaban J connectivity index is 0.000000387. The number of pyridine rings is 1. The fourth-order valence-electron chi connectivity index (χ4n) is 5.76. The molecule has 1 aromatic heterocycles. The summed E-state index contributed by atoms with van der Waals surface area (Å²) in [4.78, 5) is 12.0. The summed E-state index contributed by atoms with van der Waals surface area (Å²) in [6.45, 7) is 25.3. The zero-order chi connectivity index (χ0) is 27.8. The Kier molecular flexibility index (Phi) is 15.8. The zero-order valence-corrected chi connectivity index (χ0v) is 26.1. The highest BCUT2D eigenvalue weighted by Crippen LogP contribution is 2.40. The third-order valence-corrected chi connectivity index (χ3v) is 7.70. The Morgan fingerprint density at radius 1 is 1.00 bits per heavy atom. The number of likely N-dealkylation sites (tertiary alicyclic amines) is 2. The number of hydrogen-bond acceptors (Lipinski definition) is 6. The maximum atomic E-state index is 5.65. The van der Waals surface area contributed by atoms with Crippen LogP contribution in [-0.4, -0.2) is 91.7 Å². The van der Waals surface area contributed by atoms with E-state index in [2.05, 4.69) is 79.7 Å². The number of rotatable bonds is 16. The second kappa shape index (κ2) is 18.2. The van der Waals surface area contributed by atoms with Crippen LogP contribution in [0.5, 0.6) is 5.88 Å². The lowest BCUT2D eigenvalue weighted by molar-refractivity contribution is -0.0466. The van der Waals surface area contributed by atoms with Gasteiger partial charge >= 0.3 is 0 Å². The van der Waals surface area contributed by atoms with Gasteiger partial charge < -0.3 is 24.8 Å². The number of nitrogens with one attached hydrogen (secondary N) is 1. The number of piperidine rings is 1. The molecule has 6 nitrogen and oxygen atoms in total. The molecule has 0 aromatic carbocycles. The van der Waals surface area contributed by atoms with Crippen molar-refractivity contribution >= 4 is 0 Å². The van der Waals surface area contributed by atoms with E-state index in [1.54, 1.807) is 0 Å². The molecule has 2 aliphatic heterocycles. The van der Waals surface area contributed by atoms with Crippen LogP contribution in [-0.2, 0) is 6.54 Å². The average Bonchev–Trinajstić information content (AvgIpc) is 2.85. The summed E-state index contributed by atoms with van der Waals surface area (Å²) in [5.74, 6) is 1.40. The van der Waals surface area contributed by atoms with Crippen LogP contribution in [0.2, 0.25) is 0 Å². The van der Waals surface area contributed by atoms with Crippen molar-refractivity contribution in [1.29, 1.82) is 0 Å². The van der Waals surface area contributed by atoms with E-state index in [0.29, 0.717) is 18.6 Å². The maximum Gasteiger partial charge on any atom is 0.213 e. The summed E-state index contributed by atoms with van der Waals surface area (Å²) in [5, 5.41) is 3.37. The van der Waals surface area contributed by atoms with Gasteiger partial charge in [0, 0.05) is 45.9 Å². The predicted octanol–water partition coefficient (Wildman–Crippen LogP) is 6.17. The smallest absolute Gasteiger partial charge is 0.213 e. The van der Waals surface area contributed by atoms with E-state index in [9.17, 15) is 0 Å². The van der Waals surface area contributed by atoms with E-state index < -0.39 is 0 Å². The summed E-state index contributed by atoms with van der Waals surface area (Å²) in [7, 11) is 2.14. The first-order valence-corrected chi connectivity index (χ1v) is 15.7. The Labute approximate surface area is 237 Å². The molecule has 0 aliphatic carbocycles. The first-order valence-electron chi connectivity index (χ1n) is 15.7. The second-order valence-corrected chi connectivity index (χ2v) is 12.7. The van der Waals surface area contributed by atoms with Crippen LogP contribution in [0, 0.1) is 11.3 Å². The third kappa shape index (κ3) is 13.2. The Bertz CT molecular complexity index is 714. The molecule has 2 fully saturated rings. The molecule has 0 atom stereocenters. The molecule has 1 N–H and O–H groups in total. The van der Waals surface area contributed by atoms with E-state index in [0.717, 1.165) is 37.4 Å². The van der Waals surface area contributed by atoms with Gasteiger partial charge in [-0.3, -0.25) is 0 Å². The predicted molar refractivity (Wildman–Crippen MR) is 165 cm³/mol. The first-order chi connectivity index (χ1) is 18.2. The van der Waals surface area contributed by atoms with Crippen molar-refractivity contribution in [1.82, 2.24) is 25.0 Å². The summed E-state index contributed by atoms with van der Waals surface area (Å²) in [6.07, 6.45) is 11.3. The third-order valence-electron chi connectivity index (χ3n) is 7.70. The molecule has 0 bridgehead atoms. The van der Waals surface area contributed by atoms with Crippen LogP contribution >= 0.6 is 0 Å². The van der Waals surface area contributed by atoms with Gasteiger partial charge in [0.1, 0.15) is 0 Å². The van der Waals surface area contributed by atoms with Crippen LogP contribution in [0.15, 0.2) is 18.3 Å². The highest BCUT2D eigenvalue weighted by Gasteiger charge is 2.43. The Morgan fingerprint density at radius 3 is 2.32 bits per heavy atom. The number of nitrogens with zero attached hydrogens (tertiary/aromatic N) is 4. The number of aromatic nitrogens is 1. The van der Waals surface area contributed by atoms with Crippen molar-refractivity contribution < 1.29 is 6.16 Å². The van der Waals surface area contributed by atoms with Gasteiger partial charge in [-0.25, -0.2) is 4.98 Å². The van der Waals surface area contributed by atoms with Gasteiger partial charge in [0.25, 0.3) is 0 Å². The molecule has 0 unspecified atom stereocenters. The molecular formula is C32H63N5O. The van der Waals surface area contributed by atoms with Crippen LogP contribution in [0.25, 0.3) is 0 Å². The van der Waals surface area contributed by atoms with Crippen LogP contribution in [0.1, 0.15) is 93.5 Å². The standard InChI is InChI=1S/C17H31N3O.C15H30N2.H2/c1-14(2)12-20(5)13-16-7-8-17(19-11-16)21-10-6-9-18-15(3)4;1-3-5-6-10-17-13-15(14-17)7-11-16(9-4-2)12-8-15;/h7-8,11,14-15,18H,6,9-10,12-13H2,1-5H3;3-14H2,1-2H3;1H. The van der Waals surface area contributed by atoms with Gasteiger partial charge in [-0.05, 0) is 88.8 Å². The normalized spacial score (nSPS) is 17.6. The molecule has 38 heavy (non-hydrogen) atoms.